The maximum atomic E-state index is 11.7. The van der Waals surface area contributed by atoms with Gasteiger partial charge in [-0.15, -0.1) is 22.8 Å². The zero-order valence-electron chi connectivity index (χ0n) is 9.32. The summed E-state index contributed by atoms with van der Waals surface area (Å²) in [6.45, 7) is 4.28. The molecule has 0 rings (SSSR count). The van der Waals surface area contributed by atoms with Crippen LogP contribution in [0.4, 0.5) is 0 Å². The maximum absolute atomic E-state index is 11.7. The van der Waals surface area contributed by atoms with Crippen molar-refractivity contribution in [3.63, 3.8) is 0 Å². The summed E-state index contributed by atoms with van der Waals surface area (Å²) in [6, 6.07) is 0. The number of hydrogen-bond acceptors (Lipinski definition) is 4. The Bertz CT molecular complexity index is 155. The van der Waals surface area contributed by atoms with E-state index in [9.17, 15) is 4.89 Å². The van der Waals surface area contributed by atoms with Gasteiger partial charge in [-0.1, -0.05) is 38.5 Å². The number of rotatable bonds is 8. The summed E-state index contributed by atoms with van der Waals surface area (Å²) in [5, 5.41) is 0. The third kappa shape index (κ3) is 13.0. The fraction of sp³-hybridized carbons (Fsp3) is 1.00. The van der Waals surface area contributed by atoms with Crippen LogP contribution in [0.15, 0.2) is 0 Å². The van der Waals surface area contributed by atoms with Crippen LogP contribution in [-0.4, -0.2) is 11.5 Å². The van der Waals surface area contributed by atoms with Crippen LogP contribution in [-0.2, 0) is 11.8 Å². The SMILES string of the molecule is CCCCSP([O-])(=S)SCCCC.[K+]. The van der Waals surface area contributed by atoms with Crippen molar-refractivity contribution in [2.75, 3.05) is 11.5 Å². The molecular formula is C8H18KOPS3. The first-order valence-electron chi connectivity index (χ1n) is 4.72. The molecular weight excluding hydrogens is 278 g/mol. The standard InChI is InChI=1S/C8H19OPS3.K/c1-3-5-7-12-10(9,11)13-8-6-4-2;/h3-8H2,1-2H3,(H,9,11);/q;+1/p-1. The van der Waals surface area contributed by atoms with Crippen LogP contribution >= 0.6 is 27.4 Å². The Morgan fingerprint density at radius 1 is 1.07 bits per heavy atom. The van der Waals surface area contributed by atoms with Gasteiger partial charge in [0.15, 0.2) is 0 Å². The van der Waals surface area contributed by atoms with Crippen molar-refractivity contribution in [3.05, 3.63) is 0 Å². The van der Waals surface area contributed by atoms with Crippen molar-refractivity contribution >= 4 is 39.2 Å². The molecule has 0 aliphatic carbocycles. The molecule has 0 aromatic carbocycles. The van der Waals surface area contributed by atoms with Gasteiger partial charge in [-0.25, -0.2) is 0 Å². The Labute approximate surface area is 144 Å². The Kier molecular flexibility index (Phi) is 17.1. The first kappa shape index (κ1) is 19.3. The van der Waals surface area contributed by atoms with E-state index in [1.165, 1.54) is 22.8 Å². The molecule has 1 nitrogen and oxygen atoms in total. The summed E-state index contributed by atoms with van der Waals surface area (Å²) in [5.74, 6) is 1.91. The van der Waals surface area contributed by atoms with Gasteiger partial charge in [0.1, 0.15) is 0 Å². The van der Waals surface area contributed by atoms with Crippen LogP contribution in [0.2, 0.25) is 0 Å². The minimum Gasteiger partial charge on any atom is -0.806 e. The summed E-state index contributed by atoms with van der Waals surface area (Å²) in [5.41, 5.74) is 0. The molecule has 6 heteroatoms. The van der Waals surface area contributed by atoms with Gasteiger partial charge in [-0.3, -0.25) is 0 Å². The second-order valence-corrected chi connectivity index (χ2v) is 13.3. The predicted molar refractivity (Wildman–Crippen MR) is 69.0 cm³/mol. The van der Waals surface area contributed by atoms with Gasteiger partial charge in [0, 0.05) is 0 Å². The summed E-state index contributed by atoms with van der Waals surface area (Å²) in [7, 11) is 0. The summed E-state index contributed by atoms with van der Waals surface area (Å²) >= 11 is 8.03. The van der Waals surface area contributed by atoms with E-state index in [0.717, 1.165) is 37.2 Å². The minimum absolute atomic E-state index is 0. The van der Waals surface area contributed by atoms with Gasteiger partial charge in [-0.2, -0.15) is 0 Å². The van der Waals surface area contributed by atoms with E-state index in [0.29, 0.717) is 0 Å². The molecule has 0 saturated carbocycles. The largest absolute Gasteiger partial charge is 1.00 e. The normalized spacial score (nSPS) is 11.1. The van der Waals surface area contributed by atoms with Crippen LogP contribution in [0.3, 0.4) is 0 Å². The van der Waals surface area contributed by atoms with Gasteiger partial charge in [0.25, 0.3) is 0 Å². The average Bonchev–Trinajstić information content (AvgIpc) is 2.05. The summed E-state index contributed by atoms with van der Waals surface area (Å²) in [4.78, 5) is 11.7. The molecule has 14 heavy (non-hydrogen) atoms. The second kappa shape index (κ2) is 12.4. The van der Waals surface area contributed by atoms with Gasteiger partial charge in [-0.05, 0) is 29.0 Å². The molecule has 80 valence electrons. The van der Waals surface area contributed by atoms with Crippen molar-refractivity contribution in [1.29, 1.82) is 0 Å². The Morgan fingerprint density at radius 2 is 1.43 bits per heavy atom. The molecule has 0 aliphatic heterocycles. The summed E-state index contributed by atoms with van der Waals surface area (Å²) in [6.07, 6.45) is 4.56. The first-order chi connectivity index (χ1) is 6.12. The van der Waals surface area contributed by atoms with Crippen molar-refractivity contribution in [2.24, 2.45) is 0 Å². The van der Waals surface area contributed by atoms with Gasteiger partial charge < -0.3 is 4.89 Å². The topological polar surface area (TPSA) is 23.1 Å². The Morgan fingerprint density at radius 3 is 1.71 bits per heavy atom. The smallest absolute Gasteiger partial charge is 0.806 e. The van der Waals surface area contributed by atoms with Gasteiger partial charge in [0.2, 0.25) is 0 Å². The zero-order valence-corrected chi connectivity index (χ0v) is 15.8. The molecule has 0 radical (unpaired) electrons. The summed E-state index contributed by atoms with van der Waals surface area (Å²) < 4.78 is -2.34. The molecule has 0 aromatic rings. The third-order valence-corrected chi connectivity index (χ3v) is 9.86. The molecule has 0 aliphatic rings. The minimum atomic E-state index is -2.34. The fourth-order valence-corrected chi connectivity index (χ4v) is 7.73. The van der Waals surface area contributed by atoms with Crippen LogP contribution < -0.4 is 56.3 Å². The van der Waals surface area contributed by atoms with Crippen LogP contribution in [0, 0.1) is 0 Å². The van der Waals surface area contributed by atoms with Gasteiger partial charge in [0.05, 0.1) is 0 Å². The van der Waals surface area contributed by atoms with Gasteiger partial charge >= 0.3 is 51.4 Å². The molecule has 0 aromatic heterocycles. The average molecular weight is 297 g/mol. The predicted octanol–water partition coefficient (Wildman–Crippen LogP) is 0.642. The molecule has 0 N–H and O–H groups in total. The van der Waals surface area contributed by atoms with Crippen LogP contribution in [0.25, 0.3) is 0 Å². The molecule has 0 amide bonds. The molecule has 0 atom stereocenters. The molecule has 0 fully saturated rings. The Hall–Kier alpha value is 2.95. The van der Waals surface area contributed by atoms with Crippen molar-refractivity contribution in [1.82, 2.24) is 0 Å². The molecule has 0 heterocycles. The van der Waals surface area contributed by atoms with E-state index >= 15 is 0 Å². The number of hydrogen-bond donors (Lipinski definition) is 0. The van der Waals surface area contributed by atoms with E-state index in [1.807, 2.05) is 0 Å². The van der Waals surface area contributed by atoms with Crippen molar-refractivity contribution < 1.29 is 56.3 Å². The molecule has 0 unspecified atom stereocenters. The van der Waals surface area contributed by atoms with E-state index in [-0.39, 0.29) is 51.4 Å². The third-order valence-electron chi connectivity index (χ3n) is 1.49. The van der Waals surface area contributed by atoms with E-state index in [1.54, 1.807) is 0 Å². The number of unbranched alkanes of at least 4 members (excludes halogenated alkanes) is 2. The monoisotopic (exact) mass is 296 g/mol. The van der Waals surface area contributed by atoms with Crippen molar-refractivity contribution in [2.45, 2.75) is 39.5 Å². The van der Waals surface area contributed by atoms with E-state index in [4.69, 9.17) is 11.8 Å². The van der Waals surface area contributed by atoms with Crippen LogP contribution in [0.5, 0.6) is 0 Å². The second-order valence-electron chi connectivity index (χ2n) is 2.82. The molecule has 0 saturated heterocycles. The fourth-order valence-electron chi connectivity index (χ4n) is 0.679. The molecule has 0 bridgehead atoms. The molecule has 0 spiro atoms. The first-order valence-corrected chi connectivity index (χ1v) is 10.6. The zero-order chi connectivity index (χ0) is 10.2. The van der Waals surface area contributed by atoms with Crippen LogP contribution in [0.1, 0.15) is 39.5 Å². The van der Waals surface area contributed by atoms with E-state index < -0.39 is 4.67 Å². The van der Waals surface area contributed by atoms with Crippen molar-refractivity contribution in [3.8, 4) is 0 Å². The quantitative estimate of drug-likeness (QED) is 0.372. The maximum Gasteiger partial charge on any atom is 1.00 e. The Balaban J connectivity index is 0. The van der Waals surface area contributed by atoms with E-state index in [2.05, 4.69) is 13.8 Å².